The Labute approximate surface area is 202 Å². The summed E-state index contributed by atoms with van der Waals surface area (Å²) in [5.74, 6) is 1.17. The fourth-order valence-electron chi connectivity index (χ4n) is 3.88. The summed E-state index contributed by atoms with van der Waals surface area (Å²) in [5.41, 5.74) is 1.11. The number of amides is 1. The molecule has 168 valence electrons. The third kappa shape index (κ3) is 6.88. The molecule has 3 rings (SSSR count). The second-order valence-corrected chi connectivity index (χ2v) is 7.92. The quantitative estimate of drug-likeness (QED) is 0.347. The minimum atomic E-state index is 0. The van der Waals surface area contributed by atoms with Crippen LogP contribution in [-0.2, 0) is 4.79 Å². The molecule has 1 amide bonds. The first-order valence-corrected chi connectivity index (χ1v) is 11.0. The number of nitrogens with one attached hydrogen (secondary N) is 1. The highest BCUT2D eigenvalue weighted by Crippen LogP contribution is 2.26. The molecular weight excluding hydrogens is 515 g/mol. The molecule has 0 radical (unpaired) electrons. The lowest BCUT2D eigenvalue weighted by atomic mass is 10.2. The Morgan fingerprint density at radius 3 is 2.27 bits per heavy atom. The maximum Gasteiger partial charge on any atom is 0.219 e. The number of aliphatic imine (C=N–C) groups is 1. The third-order valence-electron chi connectivity index (χ3n) is 5.60. The molecule has 30 heavy (non-hydrogen) atoms. The number of nitrogens with zero attached hydrogens (tertiary/aromatic N) is 5. The van der Waals surface area contributed by atoms with E-state index < -0.39 is 0 Å². The Morgan fingerprint density at radius 1 is 1.03 bits per heavy atom. The smallest absolute Gasteiger partial charge is 0.219 e. The van der Waals surface area contributed by atoms with Gasteiger partial charge in [-0.1, -0.05) is 23.7 Å². The van der Waals surface area contributed by atoms with Crippen molar-refractivity contribution in [1.29, 1.82) is 0 Å². The van der Waals surface area contributed by atoms with Gasteiger partial charge < -0.3 is 20.0 Å². The van der Waals surface area contributed by atoms with Crippen LogP contribution < -0.4 is 10.2 Å². The van der Waals surface area contributed by atoms with E-state index in [2.05, 4.69) is 33.0 Å². The van der Waals surface area contributed by atoms with Crippen molar-refractivity contribution in [3.63, 3.8) is 0 Å². The van der Waals surface area contributed by atoms with Crippen LogP contribution in [0.1, 0.15) is 13.8 Å². The van der Waals surface area contributed by atoms with Crippen molar-refractivity contribution in [3.05, 3.63) is 29.3 Å². The summed E-state index contributed by atoms with van der Waals surface area (Å²) in [6.45, 7) is 13.5. The SMILES string of the molecule is CCNC(=NCCN1CCN(C(C)=O)CC1)N1CCN(c2ccccc2Cl)CC1.I. The molecule has 0 spiro atoms. The summed E-state index contributed by atoms with van der Waals surface area (Å²) in [7, 11) is 0. The van der Waals surface area contributed by atoms with Gasteiger partial charge in [-0.3, -0.25) is 14.7 Å². The van der Waals surface area contributed by atoms with Crippen LogP contribution in [0.3, 0.4) is 0 Å². The van der Waals surface area contributed by atoms with Crippen LogP contribution in [0, 0.1) is 0 Å². The van der Waals surface area contributed by atoms with E-state index in [-0.39, 0.29) is 29.9 Å². The van der Waals surface area contributed by atoms with Crippen LogP contribution in [0.25, 0.3) is 0 Å². The summed E-state index contributed by atoms with van der Waals surface area (Å²) in [6, 6.07) is 8.04. The average Bonchev–Trinajstić information content (AvgIpc) is 2.74. The number of halogens is 2. The van der Waals surface area contributed by atoms with Gasteiger partial charge in [-0.2, -0.15) is 0 Å². The van der Waals surface area contributed by atoms with Crippen LogP contribution in [0.4, 0.5) is 5.69 Å². The van der Waals surface area contributed by atoms with Crippen LogP contribution in [0.15, 0.2) is 29.3 Å². The van der Waals surface area contributed by atoms with Crippen molar-refractivity contribution >= 4 is 53.1 Å². The fourth-order valence-corrected chi connectivity index (χ4v) is 4.13. The standard InChI is InChI=1S/C21H33ClN6O.HI/c1-3-23-21(24-8-9-25-10-12-26(13-11-25)18(2)29)28-16-14-27(15-17-28)20-7-5-4-6-19(20)22;/h4-7H,3,8-17H2,1-2H3,(H,23,24);1H. The number of carbonyl (C=O) groups excluding carboxylic acids is 1. The van der Waals surface area contributed by atoms with Gasteiger partial charge in [0, 0.05) is 72.4 Å². The van der Waals surface area contributed by atoms with Gasteiger partial charge >= 0.3 is 0 Å². The Morgan fingerprint density at radius 2 is 1.67 bits per heavy atom. The number of piperazine rings is 2. The number of para-hydroxylation sites is 1. The van der Waals surface area contributed by atoms with Gasteiger partial charge in [0.15, 0.2) is 5.96 Å². The Kier molecular flexibility index (Phi) is 10.5. The molecule has 0 aliphatic carbocycles. The number of guanidine groups is 1. The zero-order valence-corrected chi connectivity index (χ0v) is 21.1. The highest BCUT2D eigenvalue weighted by Gasteiger charge is 2.21. The first kappa shape index (κ1) is 25.0. The van der Waals surface area contributed by atoms with E-state index >= 15 is 0 Å². The molecule has 2 fully saturated rings. The summed E-state index contributed by atoms with van der Waals surface area (Å²) < 4.78 is 0. The van der Waals surface area contributed by atoms with E-state index in [1.807, 2.05) is 23.1 Å². The number of anilines is 1. The molecule has 1 aromatic carbocycles. The number of benzene rings is 1. The van der Waals surface area contributed by atoms with Gasteiger partial charge in [0.25, 0.3) is 0 Å². The highest BCUT2D eigenvalue weighted by atomic mass is 127. The molecule has 2 aliphatic heterocycles. The Balaban J connectivity index is 0.00000320. The lowest BCUT2D eigenvalue weighted by Gasteiger charge is -2.38. The van der Waals surface area contributed by atoms with Gasteiger partial charge in [0.05, 0.1) is 17.3 Å². The minimum Gasteiger partial charge on any atom is -0.367 e. The van der Waals surface area contributed by atoms with Crippen LogP contribution in [0.2, 0.25) is 5.02 Å². The van der Waals surface area contributed by atoms with Crippen molar-refractivity contribution < 1.29 is 4.79 Å². The van der Waals surface area contributed by atoms with Crippen molar-refractivity contribution in [1.82, 2.24) is 20.0 Å². The molecule has 2 aliphatic rings. The first-order chi connectivity index (χ1) is 14.1. The second kappa shape index (κ2) is 12.6. The first-order valence-electron chi connectivity index (χ1n) is 10.6. The molecule has 0 atom stereocenters. The Bertz CT molecular complexity index is 702. The predicted octanol–water partition coefficient (Wildman–Crippen LogP) is 2.21. The van der Waals surface area contributed by atoms with Crippen molar-refractivity contribution in [2.45, 2.75) is 13.8 Å². The van der Waals surface area contributed by atoms with E-state index in [9.17, 15) is 4.79 Å². The number of carbonyl (C=O) groups is 1. The summed E-state index contributed by atoms with van der Waals surface area (Å²) in [5, 5.41) is 4.25. The molecule has 0 aromatic heterocycles. The normalized spacial score (nSPS) is 18.2. The zero-order valence-electron chi connectivity index (χ0n) is 18.0. The topological polar surface area (TPSA) is 54.4 Å². The maximum atomic E-state index is 11.4. The lowest BCUT2D eigenvalue weighted by molar-refractivity contribution is -0.130. The molecule has 1 N–H and O–H groups in total. The van der Waals surface area contributed by atoms with E-state index in [0.29, 0.717) is 0 Å². The number of hydrogen-bond donors (Lipinski definition) is 1. The summed E-state index contributed by atoms with van der Waals surface area (Å²) in [4.78, 5) is 25.3. The largest absolute Gasteiger partial charge is 0.367 e. The fraction of sp³-hybridized carbons (Fsp3) is 0.619. The van der Waals surface area contributed by atoms with Gasteiger partial charge in [0.1, 0.15) is 0 Å². The molecule has 9 heteroatoms. The van der Waals surface area contributed by atoms with Crippen molar-refractivity contribution in [2.75, 3.05) is 76.9 Å². The Hall–Kier alpha value is -1.26. The van der Waals surface area contributed by atoms with Gasteiger partial charge in [-0.25, -0.2) is 0 Å². The highest BCUT2D eigenvalue weighted by molar-refractivity contribution is 14.0. The molecule has 0 bridgehead atoms. The van der Waals surface area contributed by atoms with E-state index in [1.165, 1.54) is 0 Å². The van der Waals surface area contributed by atoms with E-state index in [1.54, 1.807) is 6.92 Å². The molecule has 1 aromatic rings. The summed E-state index contributed by atoms with van der Waals surface area (Å²) in [6.07, 6.45) is 0. The maximum absolute atomic E-state index is 11.4. The monoisotopic (exact) mass is 548 g/mol. The van der Waals surface area contributed by atoms with E-state index in [0.717, 1.165) is 88.7 Å². The number of hydrogen-bond acceptors (Lipinski definition) is 4. The zero-order chi connectivity index (χ0) is 20.6. The van der Waals surface area contributed by atoms with Crippen LogP contribution in [0.5, 0.6) is 0 Å². The molecule has 2 heterocycles. The van der Waals surface area contributed by atoms with Crippen LogP contribution in [-0.4, -0.2) is 98.6 Å². The molecule has 0 unspecified atom stereocenters. The van der Waals surface area contributed by atoms with Crippen molar-refractivity contribution in [2.24, 2.45) is 4.99 Å². The average molecular weight is 549 g/mol. The van der Waals surface area contributed by atoms with E-state index in [4.69, 9.17) is 16.6 Å². The molecule has 2 saturated heterocycles. The second-order valence-electron chi connectivity index (χ2n) is 7.51. The number of rotatable bonds is 5. The minimum absolute atomic E-state index is 0. The molecule has 0 saturated carbocycles. The van der Waals surface area contributed by atoms with Gasteiger partial charge in [-0.15, -0.1) is 24.0 Å². The summed E-state index contributed by atoms with van der Waals surface area (Å²) >= 11 is 6.36. The lowest BCUT2D eigenvalue weighted by Crippen LogP contribution is -2.53. The third-order valence-corrected chi connectivity index (χ3v) is 5.92. The molecule has 7 nitrogen and oxygen atoms in total. The predicted molar refractivity (Wildman–Crippen MR) is 135 cm³/mol. The van der Waals surface area contributed by atoms with Crippen molar-refractivity contribution in [3.8, 4) is 0 Å². The molecular formula is C21H34ClIN6O. The van der Waals surface area contributed by atoms with Crippen LogP contribution >= 0.6 is 35.6 Å². The van der Waals surface area contributed by atoms with Gasteiger partial charge in [-0.05, 0) is 19.1 Å². The van der Waals surface area contributed by atoms with Gasteiger partial charge in [0.2, 0.25) is 5.91 Å².